The molecule has 6 heteroatoms. The van der Waals surface area contributed by atoms with Crippen LogP contribution in [0, 0.1) is 5.92 Å². The number of carbonyl (C=O) groups excluding carboxylic acids is 2. The summed E-state index contributed by atoms with van der Waals surface area (Å²) in [6, 6.07) is 10.6. The summed E-state index contributed by atoms with van der Waals surface area (Å²) in [6.45, 7) is 3.27. The van der Waals surface area contributed by atoms with E-state index in [1.165, 1.54) is 11.2 Å². The average molecular weight is 341 g/mol. The molecule has 2 heterocycles. The van der Waals surface area contributed by atoms with E-state index in [4.69, 9.17) is 10.2 Å². The molecule has 1 saturated heterocycles. The van der Waals surface area contributed by atoms with Crippen molar-refractivity contribution in [3.63, 3.8) is 0 Å². The minimum Gasteiger partial charge on any atom is -0.459 e. The van der Waals surface area contributed by atoms with Crippen LogP contribution in [0.4, 0.5) is 5.69 Å². The Labute approximate surface area is 147 Å². The first-order valence-corrected chi connectivity index (χ1v) is 8.44. The van der Waals surface area contributed by atoms with Crippen molar-refractivity contribution in [2.24, 2.45) is 11.7 Å². The van der Waals surface area contributed by atoms with Gasteiger partial charge < -0.3 is 20.0 Å². The maximum atomic E-state index is 13.1. The summed E-state index contributed by atoms with van der Waals surface area (Å²) in [5.74, 6) is 0.203. The van der Waals surface area contributed by atoms with E-state index in [1.54, 1.807) is 31.3 Å². The number of rotatable bonds is 4. The van der Waals surface area contributed by atoms with Gasteiger partial charge in [0.15, 0.2) is 5.76 Å². The Bertz CT molecular complexity index is 757. The molecule has 1 aliphatic heterocycles. The highest BCUT2D eigenvalue weighted by atomic mass is 16.3. The summed E-state index contributed by atoms with van der Waals surface area (Å²) in [5.41, 5.74) is 6.84. The van der Waals surface area contributed by atoms with Crippen molar-refractivity contribution in [2.45, 2.75) is 19.4 Å². The van der Waals surface area contributed by atoms with E-state index < -0.39 is 0 Å². The van der Waals surface area contributed by atoms with E-state index in [-0.39, 0.29) is 23.6 Å². The molecule has 1 aliphatic rings. The summed E-state index contributed by atoms with van der Waals surface area (Å²) in [7, 11) is 1.65. The van der Waals surface area contributed by atoms with Crippen molar-refractivity contribution in [1.29, 1.82) is 0 Å². The first kappa shape index (κ1) is 17.2. The molecule has 2 unspecified atom stereocenters. The standard InChI is InChI=1S/C19H23N3O3/c1-13-10-14(11-20)12-22(13)18(23)15-6-3-4-7-16(15)21(2)19(24)17-8-5-9-25-17/h3-9,13-14H,10-12,20H2,1-2H3. The largest absolute Gasteiger partial charge is 0.459 e. The van der Waals surface area contributed by atoms with Crippen molar-refractivity contribution in [3.05, 3.63) is 54.0 Å². The molecule has 0 bridgehead atoms. The van der Waals surface area contributed by atoms with Crippen molar-refractivity contribution >= 4 is 17.5 Å². The van der Waals surface area contributed by atoms with Crippen LogP contribution in [0.15, 0.2) is 47.1 Å². The minimum absolute atomic E-state index is 0.0712. The number of para-hydroxylation sites is 1. The third-order valence-electron chi connectivity index (χ3n) is 4.79. The van der Waals surface area contributed by atoms with Crippen LogP contribution in [-0.2, 0) is 0 Å². The SMILES string of the molecule is CC1CC(CN)CN1C(=O)c1ccccc1N(C)C(=O)c1ccco1. The lowest BCUT2D eigenvalue weighted by molar-refractivity contribution is 0.0744. The Morgan fingerprint density at radius 3 is 2.68 bits per heavy atom. The second-order valence-electron chi connectivity index (χ2n) is 6.50. The Kier molecular flexibility index (Phi) is 4.90. The average Bonchev–Trinajstić information content (AvgIpc) is 3.29. The Hall–Kier alpha value is -2.60. The van der Waals surface area contributed by atoms with E-state index in [2.05, 4.69) is 0 Å². The number of benzene rings is 1. The van der Waals surface area contributed by atoms with Crippen molar-refractivity contribution in [1.82, 2.24) is 4.90 Å². The number of carbonyl (C=O) groups is 2. The van der Waals surface area contributed by atoms with Crippen LogP contribution in [0.5, 0.6) is 0 Å². The van der Waals surface area contributed by atoms with Gasteiger partial charge in [0.25, 0.3) is 11.8 Å². The highest BCUT2D eigenvalue weighted by molar-refractivity contribution is 6.09. The van der Waals surface area contributed by atoms with E-state index in [9.17, 15) is 9.59 Å². The van der Waals surface area contributed by atoms with Crippen molar-refractivity contribution in [2.75, 3.05) is 25.0 Å². The number of hydrogen-bond acceptors (Lipinski definition) is 4. The normalized spacial score (nSPS) is 19.9. The summed E-state index contributed by atoms with van der Waals surface area (Å²) < 4.78 is 5.18. The van der Waals surface area contributed by atoms with Crippen LogP contribution in [-0.4, -0.2) is 42.9 Å². The lowest BCUT2D eigenvalue weighted by atomic mass is 10.1. The summed E-state index contributed by atoms with van der Waals surface area (Å²) in [4.78, 5) is 28.9. The zero-order valence-corrected chi connectivity index (χ0v) is 14.5. The van der Waals surface area contributed by atoms with Crippen molar-refractivity contribution < 1.29 is 14.0 Å². The summed E-state index contributed by atoms with van der Waals surface area (Å²) in [6.07, 6.45) is 2.36. The van der Waals surface area contributed by atoms with Crippen LogP contribution >= 0.6 is 0 Å². The maximum absolute atomic E-state index is 13.1. The fourth-order valence-electron chi connectivity index (χ4n) is 3.37. The van der Waals surface area contributed by atoms with E-state index >= 15 is 0 Å². The number of amides is 2. The van der Waals surface area contributed by atoms with Gasteiger partial charge in [-0.1, -0.05) is 12.1 Å². The van der Waals surface area contributed by atoms with Crippen LogP contribution in [0.3, 0.4) is 0 Å². The lowest BCUT2D eigenvalue weighted by Crippen LogP contribution is -2.36. The maximum Gasteiger partial charge on any atom is 0.293 e. The molecule has 132 valence electrons. The lowest BCUT2D eigenvalue weighted by Gasteiger charge is -2.25. The van der Waals surface area contributed by atoms with Gasteiger partial charge in [-0.15, -0.1) is 0 Å². The van der Waals surface area contributed by atoms with Gasteiger partial charge in [0.05, 0.1) is 17.5 Å². The number of nitrogens with zero attached hydrogens (tertiary/aromatic N) is 2. The molecule has 0 saturated carbocycles. The van der Waals surface area contributed by atoms with Crippen LogP contribution in [0.1, 0.15) is 34.3 Å². The zero-order valence-electron chi connectivity index (χ0n) is 14.5. The molecule has 0 radical (unpaired) electrons. The Morgan fingerprint density at radius 2 is 2.04 bits per heavy atom. The molecule has 1 fully saturated rings. The topological polar surface area (TPSA) is 79.8 Å². The highest BCUT2D eigenvalue weighted by Gasteiger charge is 2.33. The van der Waals surface area contributed by atoms with Gasteiger partial charge >= 0.3 is 0 Å². The van der Waals surface area contributed by atoms with E-state index in [1.807, 2.05) is 24.0 Å². The van der Waals surface area contributed by atoms with Gasteiger partial charge in [0, 0.05) is 19.6 Å². The van der Waals surface area contributed by atoms with Crippen LogP contribution in [0.25, 0.3) is 0 Å². The highest BCUT2D eigenvalue weighted by Crippen LogP contribution is 2.28. The number of nitrogens with two attached hydrogens (primary N) is 1. The molecule has 2 amide bonds. The Balaban J connectivity index is 1.88. The van der Waals surface area contributed by atoms with E-state index in [0.29, 0.717) is 30.3 Å². The Morgan fingerprint density at radius 1 is 1.28 bits per heavy atom. The molecule has 0 spiro atoms. The smallest absolute Gasteiger partial charge is 0.293 e. The molecular weight excluding hydrogens is 318 g/mol. The first-order chi connectivity index (χ1) is 12.0. The van der Waals surface area contributed by atoms with Crippen molar-refractivity contribution in [3.8, 4) is 0 Å². The molecule has 6 nitrogen and oxygen atoms in total. The molecule has 2 atom stereocenters. The molecule has 0 aliphatic carbocycles. The van der Waals surface area contributed by atoms with Gasteiger partial charge in [0.1, 0.15) is 0 Å². The summed E-state index contributed by atoms with van der Waals surface area (Å²) >= 11 is 0. The molecule has 1 aromatic carbocycles. The molecule has 2 N–H and O–H groups in total. The van der Waals surface area contributed by atoms with Crippen LogP contribution in [0.2, 0.25) is 0 Å². The fraction of sp³-hybridized carbons (Fsp3) is 0.368. The first-order valence-electron chi connectivity index (χ1n) is 8.44. The van der Waals surface area contributed by atoms with Gasteiger partial charge in [-0.3, -0.25) is 9.59 Å². The van der Waals surface area contributed by atoms with Gasteiger partial charge in [-0.2, -0.15) is 0 Å². The minimum atomic E-state index is -0.292. The molecule has 3 rings (SSSR count). The van der Waals surface area contributed by atoms with Gasteiger partial charge in [0.2, 0.25) is 0 Å². The zero-order chi connectivity index (χ0) is 18.0. The number of furan rings is 1. The monoisotopic (exact) mass is 341 g/mol. The van der Waals surface area contributed by atoms with E-state index in [0.717, 1.165) is 6.42 Å². The van der Waals surface area contributed by atoms with Gasteiger partial charge in [-0.05, 0) is 50.1 Å². The van der Waals surface area contributed by atoms with Gasteiger partial charge in [-0.25, -0.2) is 0 Å². The number of anilines is 1. The molecular formula is C19H23N3O3. The quantitative estimate of drug-likeness (QED) is 0.926. The summed E-state index contributed by atoms with van der Waals surface area (Å²) in [5, 5.41) is 0. The third-order valence-corrected chi connectivity index (χ3v) is 4.79. The fourth-order valence-corrected chi connectivity index (χ4v) is 3.37. The second kappa shape index (κ2) is 7.11. The van der Waals surface area contributed by atoms with Crippen LogP contribution < -0.4 is 10.6 Å². The number of hydrogen-bond donors (Lipinski definition) is 1. The predicted molar refractivity (Wildman–Crippen MR) is 95.5 cm³/mol. The molecule has 2 aromatic rings. The second-order valence-corrected chi connectivity index (χ2v) is 6.50. The molecule has 1 aromatic heterocycles. The number of likely N-dealkylation sites (tertiary alicyclic amines) is 1. The predicted octanol–water partition coefficient (Wildman–Crippen LogP) is 2.37. The third kappa shape index (κ3) is 3.30. The molecule has 25 heavy (non-hydrogen) atoms.